The molecule has 8 nitrogen and oxygen atoms in total. The third-order valence-electron chi connectivity index (χ3n) is 6.85. The Morgan fingerprint density at radius 1 is 0.939 bits per heavy atom. The van der Waals surface area contributed by atoms with Gasteiger partial charge in [-0.2, -0.15) is 0 Å². The molecule has 2 unspecified atom stereocenters. The first-order valence-electron chi connectivity index (χ1n) is 11.2. The predicted molar refractivity (Wildman–Crippen MR) is 127 cm³/mol. The Bertz CT molecular complexity index is 1260. The van der Waals surface area contributed by atoms with Crippen molar-refractivity contribution < 1.29 is 9.47 Å². The Morgan fingerprint density at radius 2 is 1.82 bits per heavy atom. The Labute approximate surface area is 192 Å². The minimum Gasteiger partial charge on any atom is -0.494 e. The van der Waals surface area contributed by atoms with Crippen LogP contribution in [0, 0.1) is 0 Å². The van der Waals surface area contributed by atoms with Gasteiger partial charge in [0, 0.05) is 72.9 Å². The largest absolute Gasteiger partial charge is 0.494 e. The average Bonchev–Trinajstić information content (AvgIpc) is 3.36. The van der Waals surface area contributed by atoms with Crippen LogP contribution in [-0.4, -0.2) is 64.2 Å². The zero-order valence-corrected chi connectivity index (χ0v) is 18.7. The van der Waals surface area contributed by atoms with Gasteiger partial charge in [-0.15, -0.1) is 0 Å². The highest BCUT2D eigenvalue weighted by Gasteiger charge is 2.44. The van der Waals surface area contributed by atoms with Gasteiger partial charge in [0.05, 0.1) is 20.4 Å². The van der Waals surface area contributed by atoms with Gasteiger partial charge in [0.25, 0.3) is 0 Å². The van der Waals surface area contributed by atoms with E-state index in [2.05, 4.69) is 43.0 Å². The van der Waals surface area contributed by atoms with Crippen molar-refractivity contribution in [1.82, 2.24) is 24.8 Å². The Hall–Kier alpha value is -3.65. The summed E-state index contributed by atoms with van der Waals surface area (Å²) in [6.07, 6.45) is 8.77. The van der Waals surface area contributed by atoms with Gasteiger partial charge in [0.15, 0.2) is 0 Å². The number of piperidine rings is 1. The first-order valence-corrected chi connectivity index (χ1v) is 11.2. The lowest BCUT2D eigenvalue weighted by Crippen LogP contribution is -2.68. The number of hydrogen-bond donors (Lipinski definition) is 1. The summed E-state index contributed by atoms with van der Waals surface area (Å²) in [7, 11) is 3.32. The van der Waals surface area contributed by atoms with Crippen LogP contribution in [0.1, 0.15) is 12.0 Å². The molecule has 3 fully saturated rings. The van der Waals surface area contributed by atoms with Crippen LogP contribution < -0.4 is 14.4 Å². The molecule has 0 saturated carbocycles. The molecular weight excluding hydrogens is 416 g/mol. The number of rotatable bonds is 6. The zero-order chi connectivity index (χ0) is 22.4. The minimum atomic E-state index is 0.548. The lowest BCUT2D eigenvalue weighted by Gasteiger charge is -2.56. The predicted octanol–water partition coefficient (Wildman–Crippen LogP) is 3.50. The monoisotopic (exact) mass is 442 g/mol. The van der Waals surface area contributed by atoms with Gasteiger partial charge in [-0.25, -0.2) is 15.0 Å². The van der Waals surface area contributed by atoms with E-state index in [1.165, 1.54) is 12.0 Å². The van der Waals surface area contributed by atoms with E-state index in [1.807, 2.05) is 30.7 Å². The minimum absolute atomic E-state index is 0.548. The van der Waals surface area contributed by atoms with E-state index in [-0.39, 0.29) is 0 Å². The maximum atomic E-state index is 5.59. The third kappa shape index (κ3) is 3.47. The molecule has 2 bridgehead atoms. The molecule has 3 aliphatic rings. The summed E-state index contributed by atoms with van der Waals surface area (Å²) in [5.74, 6) is 2.43. The molecule has 7 heterocycles. The fourth-order valence-electron chi connectivity index (χ4n) is 5.13. The van der Waals surface area contributed by atoms with E-state index < -0.39 is 0 Å². The van der Waals surface area contributed by atoms with Crippen LogP contribution >= 0.6 is 0 Å². The van der Waals surface area contributed by atoms with Crippen LogP contribution in [0.2, 0.25) is 0 Å². The maximum Gasteiger partial charge on any atom is 0.212 e. The van der Waals surface area contributed by atoms with Gasteiger partial charge in [-0.05, 0) is 30.2 Å². The number of nitrogens with zero attached hydrogens (tertiary/aromatic N) is 5. The first kappa shape index (κ1) is 20.0. The van der Waals surface area contributed by atoms with E-state index in [0.717, 1.165) is 53.4 Å². The van der Waals surface area contributed by atoms with E-state index in [9.17, 15) is 0 Å². The topological polar surface area (TPSA) is 79.4 Å². The standard InChI is InChI=1S/C25H26N6O2/c1-32-21-12-29-25-20(7-8-26-25)24(21)17-4-5-22(27-11-17)30-14-18-9-19(15-30)31(18)13-16-3-6-23(33-2)28-10-16/h3-8,10-12,18-19H,9,13-15H2,1-2H3,(H,26,29). The van der Waals surface area contributed by atoms with Crippen LogP contribution in [-0.2, 0) is 6.54 Å². The van der Waals surface area contributed by atoms with Crippen LogP contribution in [0.4, 0.5) is 5.82 Å². The summed E-state index contributed by atoms with van der Waals surface area (Å²) < 4.78 is 10.8. The molecule has 0 radical (unpaired) electrons. The van der Waals surface area contributed by atoms with Crippen molar-refractivity contribution in [2.45, 2.75) is 25.0 Å². The van der Waals surface area contributed by atoms with Gasteiger partial charge in [-0.3, -0.25) is 4.90 Å². The van der Waals surface area contributed by atoms with Gasteiger partial charge < -0.3 is 19.4 Å². The van der Waals surface area contributed by atoms with Crippen LogP contribution in [0.5, 0.6) is 11.6 Å². The van der Waals surface area contributed by atoms with Crippen molar-refractivity contribution in [2.75, 3.05) is 32.2 Å². The quantitative estimate of drug-likeness (QED) is 0.490. The molecule has 0 amide bonds. The molecule has 3 aliphatic heterocycles. The fourth-order valence-corrected chi connectivity index (χ4v) is 5.13. The van der Waals surface area contributed by atoms with Crippen molar-refractivity contribution in [3.05, 3.63) is 60.7 Å². The van der Waals surface area contributed by atoms with E-state index in [4.69, 9.17) is 14.5 Å². The number of hydrogen-bond acceptors (Lipinski definition) is 7. The number of aromatic amines is 1. The van der Waals surface area contributed by atoms with Crippen LogP contribution in [0.3, 0.4) is 0 Å². The summed E-state index contributed by atoms with van der Waals surface area (Å²) >= 11 is 0. The van der Waals surface area contributed by atoms with Gasteiger partial charge in [0.2, 0.25) is 5.88 Å². The number of piperazine rings is 1. The summed E-state index contributed by atoms with van der Waals surface area (Å²) in [5, 5.41) is 1.03. The highest BCUT2D eigenvalue weighted by atomic mass is 16.5. The Morgan fingerprint density at radius 3 is 2.52 bits per heavy atom. The van der Waals surface area contributed by atoms with Gasteiger partial charge in [-0.1, -0.05) is 6.07 Å². The van der Waals surface area contributed by atoms with Crippen molar-refractivity contribution in [1.29, 1.82) is 0 Å². The van der Waals surface area contributed by atoms with Crippen molar-refractivity contribution in [3.63, 3.8) is 0 Å². The van der Waals surface area contributed by atoms with Gasteiger partial charge in [0.1, 0.15) is 17.2 Å². The van der Waals surface area contributed by atoms with Gasteiger partial charge >= 0.3 is 0 Å². The number of pyridine rings is 3. The summed E-state index contributed by atoms with van der Waals surface area (Å²) in [6.45, 7) is 2.92. The molecule has 0 spiro atoms. The molecule has 2 atom stereocenters. The number of nitrogens with one attached hydrogen (secondary N) is 1. The molecule has 0 aliphatic carbocycles. The van der Waals surface area contributed by atoms with Crippen LogP contribution in [0.25, 0.3) is 22.2 Å². The summed E-state index contributed by atoms with van der Waals surface area (Å²) in [6, 6.07) is 11.4. The number of anilines is 1. The maximum absolute atomic E-state index is 5.59. The Balaban J connectivity index is 1.17. The third-order valence-corrected chi connectivity index (χ3v) is 6.85. The lowest BCUT2D eigenvalue weighted by molar-refractivity contribution is -0.00876. The highest BCUT2D eigenvalue weighted by Crippen LogP contribution is 2.38. The number of fused-ring (bicyclic) bond motifs is 3. The van der Waals surface area contributed by atoms with Crippen molar-refractivity contribution in [2.24, 2.45) is 0 Å². The Kier molecular flexibility index (Phi) is 4.87. The average molecular weight is 443 g/mol. The summed E-state index contributed by atoms with van der Waals surface area (Å²) in [4.78, 5) is 21.7. The molecule has 4 aromatic heterocycles. The van der Waals surface area contributed by atoms with E-state index >= 15 is 0 Å². The fraction of sp³-hybridized carbons (Fsp3) is 0.320. The lowest BCUT2D eigenvalue weighted by atomic mass is 9.87. The molecule has 7 rings (SSSR count). The summed E-state index contributed by atoms with van der Waals surface area (Å²) in [5.41, 5.74) is 4.11. The molecule has 4 aromatic rings. The molecular formula is C25H26N6O2. The number of aromatic nitrogens is 4. The van der Waals surface area contributed by atoms with E-state index in [1.54, 1.807) is 20.4 Å². The highest BCUT2D eigenvalue weighted by molar-refractivity contribution is 5.96. The molecule has 8 heteroatoms. The zero-order valence-electron chi connectivity index (χ0n) is 18.7. The van der Waals surface area contributed by atoms with Crippen LogP contribution in [0.15, 0.2) is 55.1 Å². The second-order valence-electron chi connectivity index (χ2n) is 8.68. The number of methoxy groups -OCH3 is 2. The van der Waals surface area contributed by atoms with E-state index in [0.29, 0.717) is 18.0 Å². The SMILES string of the molecule is COc1ccc(CN2C3CC2CN(c2ccc(-c4c(OC)cnc5[nH]ccc45)cn2)C3)cn1. The molecule has 3 saturated heterocycles. The first-order chi connectivity index (χ1) is 16.2. The van der Waals surface area contributed by atoms with Crippen molar-refractivity contribution in [3.8, 4) is 22.8 Å². The molecule has 1 N–H and O–H groups in total. The number of ether oxygens (including phenoxy) is 2. The normalized spacial score (nSPS) is 20.0. The number of H-pyrrole nitrogens is 1. The smallest absolute Gasteiger partial charge is 0.212 e. The molecule has 0 aromatic carbocycles. The molecule has 33 heavy (non-hydrogen) atoms. The molecule has 168 valence electrons. The van der Waals surface area contributed by atoms with Crippen molar-refractivity contribution >= 4 is 16.9 Å². The second-order valence-corrected chi connectivity index (χ2v) is 8.68. The second kappa shape index (κ2) is 8.04.